The number of unbranched alkanes of at least 4 members (excludes halogenated alkanes) is 3. The minimum atomic E-state index is -0.616. The zero-order valence-electron chi connectivity index (χ0n) is 27.6. The Labute approximate surface area is 273 Å². The van der Waals surface area contributed by atoms with Crippen LogP contribution in [0.3, 0.4) is 0 Å². The molecule has 1 saturated carbocycles. The van der Waals surface area contributed by atoms with Gasteiger partial charge in [-0.15, -0.1) is 4.37 Å². The fraction of sp³-hybridized carbons (Fsp3) is 0.788. The zero-order chi connectivity index (χ0) is 32.7. The molecule has 256 valence electrons. The number of aliphatic hydroxyl groups is 3. The van der Waals surface area contributed by atoms with E-state index in [4.69, 9.17) is 14.2 Å². The smallest absolute Gasteiger partial charge is 0.306 e. The molecule has 1 saturated heterocycles. The maximum absolute atomic E-state index is 12.8. The largest absolute Gasteiger partial charge is 0.470 e. The van der Waals surface area contributed by atoms with E-state index in [0.29, 0.717) is 63.6 Å². The van der Waals surface area contributed by atoms with Crippen molar-refractivity contribution in [1.82, 2.24) is 14.1 Å². The highest BCUT2D eigenvalue weighted by molar-refractivity contribution is 6.99. The summed E-state index contributed by atoms with van der Waals surface area (Å²) in [7, 11) is 0. The highest BCUT2D eigenvalue weighted by Crippen LogP contribution is 2.36. The first-order valence-electron chi connectivity index (χ1n) is 16.7. The average Bonchev–Trinajstić information content (AvgIpc) is 3.58. The molecule has 0 spiro atoms. The Balaban J connectivity index is 1.43. The number of morpholine rings is 1. The molecule has 1 aromatic heterocycles. The molecular formula is C33H56N4O7S. The molecule has 3 rings (SSSR count). The molecule has 6 atom stereocenters. The number of allylic oxidation sites excluding steroid dienone is 2. The summed E-state index contributed by atoms with van der Waals surface area (Å²) in [6.45, 7) is 11.6. The van der Waals surface area contributed by atoms with Crippen molar-refractivity contribution >= 4 is 23.5 Å². The number of aliphatic hydroxyl groups excluding tert-OH is 3. The van der Waals surface area contributed by atoms with E-state index in [1.54, 1.807) is 6.08 Å². The monoisotopic (exact) mass is 652 g/mol. The molecule has 2 aliphatic rings. The normalized spacial score (nSPS) is 24.0. The molecule has 45 heavy (non-hydrogen) atoms. The lowest BCUT2D eigenvalue weighted by atomic mass is 9.89. The second-order valence-corrected chi connectivity index (χ2v) is 13.7. The van der Waals surface area contributed by atoms with Gasteiger partial charge in [0, 0.05) is 43.9 Å². The number of esters is 1. The van der Waals surface area contributed by atoms with E-state index in [1.165, 1.54) is 0 Å². The summed E-state index contributed by atoms with van der Waals surface area (Å²) in [5.41, 5.74) is -0.150. The van der Waals surface area contributed by atoms with Crippen LogP contribution in [0.2, 0.25) is 0 Å². The van der Waals surface area contributed by atoms with Crippen molar-refractivity contribution in [2.45, 2.75) is 115 Å². The van der Waals surface area contributed by atoms with Crippen molar-refractivity contribution in [2.24, 2.45) is 11.8 Å². The van der Waals surface area contributed by atoms with Gasteiger partial charge in [-0.2, -0.15) is 4.37 Å². The summed E-state index contributed by atoms with van der Waals surface area (Å²) in [5, 5.41) is 34.6. The minimum Gasteiger partial charge on any atom is -0.470 e. The Morgan fingerprint density at radius 1 is 1.16 bits per heavy atom. The maximum Gasteiger partial charge on any atom is 0.306 e. The predicted octanol–water partition coefficient (Wildman–Crippen LogP) is 4.03. The second kappa shape index (κ2) is 19.5. The highest BCUT2D eigenvalue weighted by Gasteiger charge is 2.39. The van der Waals surface area contributed by atoms with Crippen molar-refractivity contribution < 1.29 is 34.3 Å². The van der Waals surface area contributed by atoms with Crippen molar-refractivity contribution in [3.63, 3.8) is 0 Å². The van der Waals surface area contributed by atoms with Crippen molar-refractivity contribution in [1.29, 1.82) is 0 Å². The van der Waals surface area contributed by atoms with Crippen LogP contribution in [0.25, 0.3) is 0 Å². The molecule has 1 aromatic rings. The quantitative estimate of drug-likeness (QED) is 0.0976. The molecule has 4 N–H and O–H groups in total. The Kier molecular flexibility index (Phi) is 16.2. The molecule has 2 heterocycles. The van der Waals surface area contributed by atoms with Crippen LogP contribution >= 0.6 is 11.7 Å². The summed E-state index contributed by atoms with van der Waals surface area (Å²) in [5.74, 6) is 0.574. The van der Waals surface area contributed by atoms with E-state index < -0.39 is 24.4 Å². The van der Waals surface area contributed by atoms with Crippen LogP contribution in [0, 0.1) is 11.8 Å². The number of nitrogens with one attached hydrogen (secondary N) is 1. The van der Waals surface area contributed by atoms with E-state index in [2.05, 4.69) is 46.7 Å². The summed E-state index contributed by atoms with van der Waals surface area (Å²) in [6, 6.07) is 0. The molecule has 0 radical (unpaired) electrons. The van der Waals surface area contributed by atoms with Gasteiger partial charge in [0.2, 0.25) is 5.82 Å². The Morgan fingerprint density at radius 2 is 1.93 bits per heavy atom. The summed E-state index contributed by atoms with van der Waals surface area (Å²) < 4.78 is 26.0. The van der Waals surface area contributed by atoms with Crippen molar-refractivity contribution in [2.75, 3.05) is 44.4 Å². The lowest BCUT2D eigenvalue weighted by Crippen LogP contribution is -2.44. The van der Waals surface area contributed by atoms with Crippen LogP contribution in [0.15, 0.2) is 24.3 Å². The van der Waals surface area contributed by atoms with Gasteiger partial charge in [-0.3, -0.25) is 4.79 Å². The minimum absolute atomic E-state index is 0.104. The first kappa shape index (κ1) is 37.4. The van der Waals surface area contributed by atoms with Gasteiger partial charge in [0.1, 0.15) is 12.7 Å². The summed E-state index contributed by atoms with van der Waals surface area (Å²) in [4.78, 5) is 14.9. The van der Waals surface area contributed by atoms with E-state index in [0.717, 1.165) is 44.1 Å². The fourth-order valence-corrected chi connectivity index (χ4v) is 6.12. The van der Waals surface area contributed by atoms with Gasteiger partial charge in [0.05, 0.1) is 43.3 Å². The van der Waals surface area contributed by atoms with Crippen LogP contribution in [0.5, 0.6) is 5.88 Å². The molecule has 6 unspecified atom stereocenters. The average molecular weight is 653 g/mol. The third-order valence-electron chi connectivity index (χ3n) is 8.22. The maximum atomic E-state index is 12.8. The van der Waals surface area contributed by atoms with Crippen molar-refractivity contribution in [3.05, 3.63) is 24.3 Å². The third kappa shape index (κ3) is 13.7. The zero-order valence-corrected chi connectivity index (χ0v) is 28.4. The molecule has 11 nitrogen and oxygen atoms in total. The molecule has 0 aromatic carbocycles. The Morgan fingerprint density at radius 3 is 2.67 bits per heavy atom. The summed E-state index contributed by atoms with van der Waals surface area (Å²) >= 11 is 1.10. The van der Waals surface area contributed by atoms with E-state index in [-0.39, 0.29) is 36.4 Å². The van der Waals surface area contributed by atoms with Gasteiger partial charge in [0.25, 0.3) is 5.88 Å². The number of nitrogens with zero attached hydrogens (tertiary/aromatic N) is 3. The van der Waals surface area contributed by atoms with Crippen LogP contribution in [-0.2, 0) is 14.3 Å². The van der Waals surface area contributed by atoms with E-state index in [9.17, 15) is 20.1 Å². The van der Waals surface area contributed by atoms with Crippen LogP contribution < -0.4 is 15.0 Å². The molecular weight excluding hydrogens is 596 g/mol. The highest BCUT2D eigenvalue weighted by atomic mass is 32.1. The molecule has 12 heteroatoms. The number of ether oxygens (including phenoxy) is 3. The molecule has 1 aliphatic heterocycles. The van der Waals surface area contributed by atoms with Crippen LogP contribution in [0.4, 0.5) is 5.82 Å². The molecule has 0 bridgehead atoms. The van der Waals surface area contributed by atoms with Gasteiger partial charge in [-0.1, -0.05) is 50.5 Å². The van der Waals surface area contributed by atoms with Gasteiger partial charge in [-0.25, -0.2) is 0 Å². The first-order valence-corrected chi connectivity index (χ1v) is 17.4. The predicted molar refractivity (Wildman–Crippen MR) is 177 cm³/mol. The van der Waals surface area contributed by atoms with Gasteiger partial charge >= 0.3 is 5.97 Å². The fourth-order valence-electron chi connectivity index (χ4n) is 5.60. The van der Waals surface area contributed by atoms with E-state index >= 15 is 0 Å². The first-order chi connectivity index (χ1) is 21.6. The number of rotatable bonds is 19. The van der Waals surface area contributed by atoms with Gasteiger partial charge < -0.3 is 39.7 Å². The number of hydrogen-bond acceptors (Lipinski definition) is 12. The molecule has 0 amide bonds. The number of anilines is 1. The summed E-state index contributed by atoms with van der Waals surface area (Å²) in [6.07, 6.45) is 11.9. The lowest BCUT2D eigenvalue weighted by Gasteiger charge is -2.27. The van der Waals surface area contributed by atoms with E-state index in [1.807, 2.05) is 18.2 Å². The standard InChI is InChI=1S/C33H56N4O7S/c1-5-6-9-12-24(38)15-16-27-26(28(39)21-29(27)40)13-10-7-8-11-14-30(41)44-25(22-34-33(2,3)4)23-43-32-31(35-45-36-32)37-17-19-42-20-18-37/h7,10,15-16,24-29,34,38-40H,5-6,8-9,11-14,17-23H2,1-4H3. The van der Waals surface area contributed by atoms with Crippen molar-refractivity contribution in [3.8, 4) is 5.88 Å². The molecule has 1 aliphatic carbocycles. The third-order valence-corrected chi connectivity index (χ3v) is 8.72. The van der Waals surface area contributed by atoms with Gasteiger partial charge in [-0.05, 0) is 52.4 Å². The number of carbonyl (C=O) groups is 1. The molecule has 2 fully saturated rings. The topological polar surface area (TPSA) is 146 Å². The number of aromatic nitrogens is 2. The second-order valence-electron chi connectivity index (χ2n) is 13.2. The number of hydrogen-bond donors (Lipinski definition) is 4. The Hall–Kier alpha value is -2.09. The van der Waals surface area contributed by atoms with Gasteiger partial charge in [0.15, 0.2) is 0 Å². The Bertz CT molecular complexity index is 1040. The van der Waals surface area contributed by atoms with Crippen LogP contribution in [-0.4, -0.2) is 99.4 Å². The lowest BCUT2D eigenvalue weighted by molar-refractivity contribution is -0.150. The number of carbonyl (C=O) groups excluding carboxylic acids is 1. The SMILES string of the molecule is CCCCCC(O)C=CC1C(O)CC(O)C1CC=CCCCC(=O)OC(CNC(C)(C)C)COc1nsnc1N1CCOCC1. The van der Waals surface area contributed by atoms with Crippen LogP contribution in [0.1, 0.15) is 85.5 Å².